The van der Waals surface area contributed by atoms with Crippen LogP contribution in [-0.4, -0.2) is 12.5 Å². The Kier molecular flexibility index (Phi) is 4.13. The smallest absolute Gasteiger partial charge is 0.223 e. The van der Waals surface area contributed by atoms with Gasteiger partial charge in [-0.15, -0.1) is 0 Å². The SMILES string of the molecule is O=C(NCCc1cccc(F)c1)C1CCCC1. The minimum absolute atomic E-state index is 0.166. The third-order valence-electron chi connectivity index (χ3n) is 3.33. The Hall–Kier alpha value is -1.38. The lowest BCUT2D eigenvalue weighted by atomic mass is 10.1. The van der Waals surface area contributed by atoms with Gasteiger partial charge in [0, 0.05) is 12.5 Å². The van der Waals surface area contributed by atoms with Crippen LogP contribution in [0.4, 0.5) is 4.39 Å². The van der Waals surface area contributed by atoms with Gasteiger partial charge in [-0.3, -0.25) is 4.79 Å². The molecule has 1 N–H and O–H groups in total. The average Bonchev–Trinajstić information content (AvgIpc) is 2.82. The summed E-state index contributed by atoms with van der Waals surface area (Å²) >= 11 is 0. The molecule has 1 aromatic rings. The van der Waals surface area contributed by atoms with Crippen molar-refractivity contribution >= 4 is 5.91 Å². The average molecular weight is 235 g/mol. The summed E-state index contributed by atoms with van der Waals surface area (Å²) in [6.45, 7) is 0.596. The first-order valence-electron chi connectivity index (χ1n) is 6.28. The molecule has 1 saturated carbocycles. The Morgan fingerprint density at radius 1 is 1.35 bits per heavy atom. The molecule has 1 aromatic carbocycles. The molecule has 0 saturated heterocycles. The Morgan fingerprint density at radius 2 is 2.12 bits per heavy atom. The molecule has 17 heavy (non-hydrogen) atoms. The second kappa shape index (κ2) is 5.80. The van der Waals surface area contributed by atoms with E-state index in [-0.39, 0.29) is 17.6 Å². The standard InChI is InChI=1S/C14H18FNO/c15-13-7-3-4-11(10-13)8-9-16-14(17)12-5-1-2-6-12/h3-4,7,10,12H,1-2,5-6,8-9H2,(H,16,17). The minimum Gasteiger partial charge on any atom is -0.356 e. The van der Waals surface area contributed by atoms with Crippen molar-refractivity contribution in [1.29, 1.82) is 0 Å². The topological polar surface area (TPSA) is 29.1 Å². The molecule has 0 radical (unpaired) electrons. The van der Waals surface area contributed by atoms with Crippen LogP contribution in [0.15, 0.2) is 24.3 Å². The zero-order valence-corrected chi connectivity index (χ0v) is 9.92. The maximum absolute atomic E-state index is 12.9. The van der Waals surface area contributed by atoms with Crippen LogP contribution in [0, 0.1) is 11.7 Å². The van der Waals surface area contributed by atoms with Crippen molar-refractivity contribution in [2.45, 2.75) is 32.1 Å². The summed E-state index contributed by atoms with van der Waals surface area (Å²) in [5, 5.41) is 2.93. The van der Waals surface area contributed by atoms with Crippen LogP contribution in [0.3, 0.4) is 0 Å². The summed E-state index contributed by atoms with van der Waals surface area (Å²) in [4.78, 5) is 11.7. The molecule has 1 aliphatic rings. The van der Waals surface area contributed by atoms with E-state index in [0.717, 1.165) is 18.4 Å². The zero-order valence-electron chi connectivity index (χ0n) is 9.92. The highest BCUT2D eigenvalue weighted by molar-refractivity contribution is 5.78. The highest BCUT2D eigenvalue weighted by Crippen LogP contribution is 2.24. The second-order valence-electron chi connectivity index (χ2n) is 4.65. The fraction of sp³-hybridized carbons (Fsp3) is 0.500. The van der Waals surface area contributed by atoms with E-state index in [2.05, 4.69) is 5.32 Å². The molecule has 0 atom stereocenters. The predicted molar refractivity (Wildman–Crippen MR) is 65.1 cm³/mol. The minimum atomic E-state index is -0.218. The molecule has 0 aromatic heterocycles. The van der Waals surface area contributed by atoms with Gasteiger partial charge in [0.25, 0.3) is 0 Å². The van der Waals surface area contributed by atoms with Crippen molar-refractivity contribution in [2.24, 2.45) is 5.92 Å². The molecular weight excluding hydrogens is 217 g/mol. The molecule has 92 valence electrons. The van der Waals surface area contributed by atoms with Gasteiger partial charge in [-0.25, -0.2) is 4.39 Å². The number of nitrogens with one attached hydrogen (secondary N) is 1. The lowest BCUT2D eigenvalue weighted by molar-refractivity contribution is -0.124. The van der Waals surface area contributed by atoms with Gasteiger partial charge in [0.15, 0.2) is 0 Å². The van der Waals surface area contributed by atoms with E-state index in [9.17, 15) is 9.18 Å². The van der Waals surface area contributed by atoms with E-state index < -0.39 is 0 Å². The molecule has 2 nitrogen and oxygen atoms in total. The largest absolute Gasteiger partial charge is 0.356 e. The van der Waals surface area contributed by atoms with Crippen molar-refractivity contribution in [2.75, 3.05) is 6.54 Å². The van der Waals surface area contributed by atoms with E-state index in [1.807, 2.05) is 6.07 Å². The lowest BCUT2D eigenvalue weighted by Gasteiger charge is -2.10. The Morgan fingerprint density at radius 3 is 2.82 bits per heavy atom. The van der Waals surface area contributed by atoms with Crippen molar-refractivity contribution in [3.8, 4) is 0 Å². The van der Waals surface area contributed by atoms with E-state index in [1.165, 1.54) is 25.0 Å². The lowest BCUT2D eigenvalue weighted by Crippen LogP contribution is -2.30. The van der Waals surface area contributed by atoms with Crippen LogP contribution in [0.5, 0.6) is 0 Å². The predicted octanol–water partition coefficient (Wildman–Crippen LogP) is 2.67. The summed E-state index contributed by atoms with van der Waals surface area (Å²) in [7, 11) is 0. The normalized spacial score (nSPS) is 16.1. The maximum Gasteiger partial charge on any atom is 0.223 e. The number of amides is 1. The summed E-state index contributed by atoms with van der Waals surface area (Å²) in [6, 6.07) is 6.52. The number of halogens is 1. The third kappa shape index (κ3) is 3.55. The number of carbonyl (C=O) groups excluding carboxylic acids is 1. The van der Waals surface area contributed by atoms with Crippen molar-refractivity contribution in [3.63, 3.8) is 0 Å². The first-order valence-corrected chi connectivity index (χ1v) is 6.28. The summed E-state index contributed by atoms with van der Waals surface area (Å²) in [5.41, 5.74) is 0.928. The van der Waals surface area contributed by atoms with Gasteiger partial charge in [0.05, 0.1) is 0 Å². The van der Waals surface area contributed by atoms with Crippen LogP contribution in [0.1, 0.15) is 31.2 Å². The first-order chi connectivity index (χ1) is 8.25. The molecule has 3 heteroatoms. The molecule has 0 aliphatic heterocycles. The van der Waals surface area contributed by atoms with E-state index in [0.29, 0.717) is 13.0 Å². The summed E-state index contributed by atoms with van der Waals surface area (Å²) in [6.07, 6.45) is 5.07. The quantitative estimate of drug-likeness (QED) is 0.854. The van der Waals surface area contributed by atoms with Crippen LogP contribution in [0.25, 0.3) is 0 Å². The van der Waals surface area contributed by atoms with Crippen LogP contribution < -0.4 is 5.32 Å². The maximum atomic E-state index is 12.9. The van der Waals surface area contributed by atoms with Crippen molar-refractivity contribution in [1.82, 2.24) is 5.32 Å². The summed E-state index contributed by atoms with van der Waals surface area (Å²) in [5.74, 6) is 0.158. The number of carbonyl (C=O) groups is 1. The molecule has 0 spiro atoms. The Bertz CT molecular complexity index is 386. The molecule has 0 heterocycles. The van der Waals surface area contributed by atoms with Gasteiger partial charge in [-0.05, 0) is 37.0 Å². The molecule has 0 bridgehead atoms. The van der Waals surface area contributed by atoms with Crippen molar-refractivity contribution < 1.29 is 9.18 Å². The van der Waals surface area contributed by atoms with Gasteiger partial charge in [0.2, 0.25) is 5.91 Å². The monoisotopic (exact) mass is 235 g/mol. The zero-order chi connectivity index (χ0) is 12.1. The second-order valence-corrected chi connectivity index (χ2v) is 4.65. The highest BCUT2D eigenvalue weighted by Gasteiger charge is 2.21. The van der Waals surface area contributed by atoms with Crippen molar-refractivity contribution in [3.05, 3.63) is 35.6 Å². The van der Waals surface area contributed by atoms with Gasteiger partial charge in [-0.1, -0.05) is 25.0 Å². The van der Waals surface area contributed by atoms with Crippen LogP contribution in [0.2, 0.25) is 0 Å². The third-order valence-corrected chi connectivity index (χ3v) is 3.33. The molecule has 1 amide bonds. The van der Waals surface area contributed by atoms with E-state index >= 15 is 0 Å². The number of rotatable bonds is 4. The summed E-state index contributed by atoms with van der Waals surface area (Å²) < 4.78 is 12.9. The molecule has 1 fully saturated rings. The van der Waals surface area contributed by atoms with Gasteiger partial charge < -0.3 is 5.32 Å². The van der Waals surface area contributed by atoms with Crippen LogP contribution in [-0.2, 0) is 11.2 Å². The molecule has 1 aliphatic carbocycles. The number of benzene rings is 1. The Labute approximate surface area is 101 Å². The molecule has 2 rings (SSSR count). The highest BCUT2D eigenvalue weighted by atomic mass is 19.1. The first kappa shape index (κ1) is 12.1. The van der Waals surface area contributed by atoms with Gasteiger partial charge in [0.1, 0.15) is 5.82 Å². The number of hydrogen-bond donors (Lipinski definition) is 1. The molecular formula is C14H18FNO. The fourth-order valence-corrected chi connectivity index (χ4v) is 2.35. The fourth-order valence-electron chi connectivity index (χ4n) is 2.35. The van der Waals surface area contributed by atoms with E-state index in [4.69, 9.17) is 0 Å². The van der Waals surface area contributed by atoms with E-state index in [1.54, 1.807) is 6.07 Å². The van der Waals surface area contributed by atoms with Gasteiger partial charge in [-0.2, -0.15) is 0 Å². The Balaban J connectivity index is 1.73. The van der Waals surface area contributed by atoms with Crippen LogP contribution >= 0.6 is 0 Å². The van der Waals surface area contributed by atoms with Gasteiger partial charge >= 0.3 is 0 Å². The number of hydrogen-bond acceptors (Lipinski definition) is 1. The molecule has 0 unspecified atom stereocenters.